The van der Waals surface area contributed by atoms with Crippen LogP contribution in [0.15, 0.2) is 24.3 Å². The Bertz CT molecular complexity index is 559. The van der Waals surface area contributed by atoms with Crippen LogP contribution in [0.2, 0.25) is 0 Å². The van der Waals surface area contributed by atoms with Gasteiger partial charge in [-0.05, 0) is 24.1 Å². The van der Waals surface area contributed by atoms with Crippen molar-refractivity contribution in [3.8, 4) is 6.07 Å². The summed E-state index contributed by atoms with van der Waals surface area (Å²) < 4.78 is 22.7. The molecule has 1 aromatic rings. The fourth-order valence-corrected chi connectivity index (χ4v) is 3.97. The Morgan fingerprint density at radius 3 is 2.82 bits per heavy atom. The highest BCUT2D eigenvalue weighted by Crippen LogP contribution is 2.31. The molecule has 1 fully saturated rings. The van der Waals surface area contributed by atoms with Crippen molar-refractivity contribution < 1.29 is 13.5 Å². The van der Waals surface area contributed by atoms with Gasteiger partial charge in [-0.25, -0.2) is 8.42 Å². The molecule has 0 aliphatic carbocycles. The number of rotatable bonds is 2. The van der Waals surface area contributed by atoms with Gasteiger partial charge >= 0.3 is 0 Å². The molecule has 17 heavy (non-hydrogen) atoms. The molecule has 1 aliphatic heterocycles. The molecule has 0 radical (unpaired) electrons. The van der Waals surface area contributed by atoms with Crippen LogP contribution in [0.3, 0.4) is 0 Å². The topological polar surface area (TPSA) is 78.2 Å². The third-order valence-corrected chi connectivity index (χ3v) is 4.87. The number of hydrogen-bond donors (Lipinski definition) is 1. The Kier molecular flexibility index (Phi) is 3.18. The van der Waals surface area contributed by atoms with E-state index in [-0.39, 0.29) is 17.4 Å². The van der Waals surface area contributed by atoms with Crippen molar-refractivity contribution in [2.45, 2.75) is 12.5 Å². The first-order chi connectivity index (χ1) is 8.02. The zero-order chi connectivity index (χ0) is 12.5. The predicted octanol–water partition coefficient (Wildman–Crippen LogP) is 1.03. The largest absolute Gasteiger partial charge is 0.388 e. The van der Waals surface area contributed by atoms with Gasteiger partial charge in [0.15, 0.2) is 9.84 Å². The number of benzene rings is 1. The van der Waals surface area contributed by atoms with Crippen LogP contribution in [0, 0.1) is 17.2 Å². The fraction of sp³-hybridized carbons (Fsp3) is 0.417. The number of hydrogen-bond acceptors (Lipinski definition) is 4. The second-order valence-electron chi connectivity index (χ2n) is 4.35. The quantitative estimate of drug-likeness (QED) is 0.851. The third kappa shape index (κ3) is 2.65. The molecule has 0 amide bonds. The van der Waals surface area contributed by atoms with Crippen molar-refractivity contribution in [3.63, 3.8) is 0 Å². The monoisotopic (exact) mass is 251 g/mol. The SMILES string of the molecule is N#Cc1cccc(C(O)C2CCS(=O)(=O)C2)c1. The molecule has 2 unspecified atom stereocenters. The highest BCUT2D eigenvalue weighted by molar-refractivity contribution is 7.91. The van der Waals surface area contributed by atoms with E-state index in [4.69, 9.17) is 5.26 Å². The number of aliphatic hydroxyl groups excluding tert-OH is 1. The Balaban J connectivity index is 2.20. The molecule has 2 rings (SSSR count). The zero-order valence-electron chi connectivity index (χ0n) is 9.20. The first-order valence-electron chi connectivity index (χ1n) is 5.40. The predicted molar refractivity (Wildman–Crippen MR) is 62.9 cm³/mol. The van der Waals surface area contributed by atoms with Gasteiger partial charge < -0.3 is 5.11 Å². The summed E-state index contributed by atoms with van der Waals surface area (Å²) in [6.45, 7) is 0. The Morgan fingerprint density at radius 2 is 2.24 bits per heavy atom. The molecule has 1 saturated heterocycles. The minimum atomic E-state index is -2.99. The molecule has 4 nitrogen and oxygen atoms in total. The molecule has 0 aromatic heterocycles. The summed E-state index contributed by atoms with van der Waals surface area (Å²) in [5.41, 5.74) is 1.09. The van der Waals surface area contributed by atoms with Gasteiger partial charge in [0.2, 0.25) is 0 Å². The van der Waals surface area contributed by atoms with Crippen molar-refractivity contribution in [2.24, 2.45) is 5.92 Å². The van der Waals surface area contributed by atoms with E-state index in [1.54, 1.807) is 24.3 Å². The average Bonchev–Trinajstić information content (AvgIpc) is 2.69. The molecule has 1 aliphatic rings. The van der Waals surface area contributed by atoms with Crippen LogP contribution in [-0.4, -0.2) is 25.0 Å². The van der Waals surface area contributed by atoms with E-state index >= 15 is 0 Å². The summed E-state index contributed by atoms with van der Waals surface area (Å²) in [6.07, 6.45) is -0.319. The van der Waals surface area contributed by atoms with Gasteiger partial charge in [0, 0.05) is 5.92 Å². The molecule has 0 spiro atoms. The van der Waals surface area contributed by atoms with Gasteiger partial charge in [0.05, 0.1) is 29.2 Å². The molecule has 1 aromatic carbocycles. The lowest BCUT2D eigenvalue weighted by molar-refractivity contribution is 0.121. The van der Waals surface area contributed by atoms with E-state index in [1.165, 1.54) is 0 Å². The minimum Gasteiger partial charge on any atom is -0.388 e. The van der Waals surface area contributed by atoms with Gasteiger partial charge in [0.1, 0.15) is 0 Å². The molecule has 5 heteroatoms. The van der Waals surface area contributed by atoms with Crippen LogP contribution < -0.4 is 0 Å². The highest BCUT2D eigenvalue weighted by atomic mass is 32.2. The van der Waals surface area contributed by atoms with Crippen LogP contribution in [0.25, 0.3) is 0 Å². The van der Waals surface area contributed by atoms with Crippen LogP contribution in [0.1, 0.15) is 23.7 Å². The standard InChI is InChI=1S/C12H13NO3S/c13-7-9-2-1-3-10(6-9)12(14)11-4-5-17(15,16)8-11/h1-3,6,11-12,14H,4-5,8H2. The lowest BCUT2D eigenvalue weighted by Crippen LogP contribution is -2.14. The van der Waals surface area contributed by atoms with Gasteiger partial charge in [-0.1, -0.05) is 12.1 Å². The number of aliphatic hydroxyl groups is 1. The lowest BCUT2D eigenvalue weighted by Gasteiger charge is -2.16. The molecular weight excluding hydrogens is 238 g/mol. The maximum absolute atomic E-state index is 11.3. The van der Waals surface area contributed by atoms with Crippen LogP contribution in [0.4, 0.5) is 0 Å². The van der Waals surface area contributed by atoms with Gasteiger partial charge in [-0.3, -0.25) is 0 Å². The summed E-state index contributed by atoms with van der Waals surface area (Å²) in [6, 6.07) is 8.67. The smallest absolute Gasteiger partial charge is 0.150 e. The summed E-state index contributed by atoms with van der Waals surface area (Å²) >= 11 is 0. The van der Waals surface area contributed by atoms with Crippen molar-refractivity contribution in [1.29, 1.82) is 5.26 Å². The minimum absolute atomic E-state index is 0.0327. The maximum Gasteiger partial charge on any atom is 0.150 e. The number of sulfone groups is 1. The van der Waals surface area contributed by atoms with Crippen molar-refractivity contribution >= 4 is 9.84 Å². The molecule has 1 N–H and O–H groups in total. The van der Waals surface area contributed by atoms with Gasteiger partial charge in [0.25, 0.3) is 0 Å². The Labute approximate surface area is 100 Å². The summed E-state index contributed by atoms with van der Waals surface area (Å²) in [4.78, 5) is 0. The Morgan fingerprint density at radius 1 is 1.47 bits per heavy atom. The average molecular weight is 251 g/mol. The van der Waals surface area contributed by atoms with Gasteiger partial charge in [-0.15, -0.1) is 0 Å². The summed E-state index contributed by atoms with van der Waals surface area (Å²) in [5, 5.41) is 18.9. The second-order valence-corrected chi connectivity index (χ2v) is 6.57. The van der Waals surface area contributed by atoms with E-state index in [0.717, 1.165) is 0 Å². The van der Waals surface area contributed by atoms with Crippen LogP contribution >= 0.6 is 0 Å². The molecular formula is C12H13NO3S. The van der Waals surface area contributed by atoms with E-state index in [2.05, 4.69) is 0 Å². The van der Waals surface area contributed by atoms with E-state index < -0.39 is 15.9 Å². The maximum atomic E-state index is 11.3. The first kappa shape index (κ1) is 12.1. The molecule has 90 valence electrons. The Hall–Kier alpha value is -1.38. The molecule has 0 saturated carbocycles. The first-order valence-corrected chi connectivity index (χ1v) is 7.22. The normalized spacial score (nSPS) is 24.1. The van der Waals surface area contributed by atoms with E-state index in [0.29, 0.717) is 17.5 Å². The van der Waals surface area contributed by atoms with Crippen LogP contribution in [-0.2, 0) is 9.84 Å². The van der Waals surface area contributed by atoms with E-state index in [9.17, 15) is 13.5 Å². The van der Waals surface area contributed by atoms with Crippen molar-refractivity contribution in [2.75, 3.05) is 11.5 Å². The van der Waals surface area contributed by atoms with Crippen molar-refractivity contribution in [1.82, 2.24) is 0 Å². The number of nitriles is 1. The molecule has 2 atom stereocenters. The molecule has 0 bridgehead atoms. The number of nitrogens with zero attached hydrogens (tertiary/aromatic N) is 1. The zero-order valence-corrected chi connectivity index (χ0v) is 10.0. The summed E-state index contributed by atoms with van der Waals surface area (Å²) in [7, 11) is -2.99. The lowest BCUT2D eigenvalue weighted by atomic mass is 9.94. The third-order valence-electron chi connectivity index (χ3n) is 3.07. The molecule has 1 heterocycles. The second kappa shape index (κ2) is 4.47. The summed E-state index contributed by atoms with van der Waals surface area (Å²) in [5.74, 6) is -0.0774. The highest BCUT2D eigenvalue weighted by Gasteiger charge is 2.33. The van der Waals surface area contributed by atoms with Gasteiger partial charge in [-0.2, -0.15) is 5.26 Å². The van der Waals surface area contributed by atoms with Crippen LogP contribution in [0.5, 0.6) is 0 Å². The van der Waals surface area contributed by atoms with Crippen molar-refractivity contribution in [3.05, 3.63) is 35.4 Å². The fourth-order valence-electron chi connectivity index (χ4n) is 2.14. The van der Waals surface area contributed by atoms with E-state index in [1.807, 2.05) is 6.07 Å².